The number of nitrogens with one attached hydrogen (secondary N) is 2. The van der Waals surface area contributed by atoms with E-state index in [0.29, 0.717) is 5.95 Å². The van der Waals surface area contributed by atoms with Gasteiger partial charge in [0.05, 0.1) is 41.2 Å². The number of aryl methyl sites for hydroxylation is 1. The summed E-state index contributed by atoms with van der Waals surface area (Å²) < 4.78 is 1.82. The van der Waals surface area contributed by atoms with Crippen molar-refractivity contribution in [2.45, 2.75) is 6.92 Å². The molecule has 206 valence electrons. The summed E-state index contributed by atoms with van der Waals surface area (Å²) in [4.78, 5) is 22.7. The number of fused-ring (bicyclic) bond motifs is 1. The van der Waals surface area contributed by atoms with Gasteiger partial charge in [-0.2, -0.15) is 5.10 Å². The van der Waals surface area contributed by atoms with Crippen molar-refractivity contribution < 1.29 is 0 Å². The van der Waals surface area contributed by atoms with Crippen molar-refractivity contribution in [3.63, 3.8) is 0 Å². The molecule has 41 heavy (non-hydrogen) atoms. The van der Waals surface area contributed by atoms with Gasteiger partial charge in [0, 0.05) is 61.6 Å². The van der Waals surface area contributed by atoms with Crippen molar-refractivity contribution in [3.8, 4) is 0 Å². The first-order valence-corrected chi connectivity index (χ1v) is 13.5. The number of piperazine rings is 1. The van der Waals surface area contributed by atoms with E-state index in [2.05, 4.69) is 66.8 Å². The largest absolute Gasteiger partial charge is 0.354 e. The fourth-order valence-corrected chi connectivity index (χ4v) is 4.87. The Labute approximate surface area is 239 Å². The monoisotopic (exact) mass is 544 g/mol. The highest BCUT2D eigenvalue weighted by Crippen LogP contribution is 2.28. The van der Waals surface area contributed by atoms with E-state index in [4.69, 9.17) is 4.98 Å². The van der Waals surface area contributed by atoms with Crippen LogP contribution in [0.4, 0.5) is 23.1 Å². The molecule has 0 radical (unpaired) electrons. The van der Waals surface area contributed by atoms with E-state index in [0.717, 1.165) is 82.5 Å². The Hall–Kier alpha value is -5.09. The van der Waals surface area contributed by atoms with Gasteiger partial charge in [-0.15, -0.1) is 0 Å². The third-order valence-corrected chi connectivity index (χ3v) is 7.29. The predicted octanol–water partition coefficient (Wildman–Crippen LogP) is 4.86. The molecule has 0 bridgehead atoms. The van der Waals surface area contributed by atoms with Crippen LogP contribution in [-0.2, 0) is 0 Å². The van der Waals surface area contributed by atoms with Crippen LogP contribution in [0.25, 0.3) is 16.8 Å². The van der Waals surface area contributed by atoms with Gasteiger partial charge >= 0.3 is 0 Å². The minimum absolute atomic E-state index is 0.513. The Kier molecular flexibility index (Phi) is 7.13. The SMILES string of the molecule is C=C(c1ccn2ncc(C(=C)Nc3cccnc3)c2c1)c1cnc(Nc2ccc(N3CCN(C)CC3)nc2)nc1C. The number of aromatic nitrogens is 6. The Morgan fingerprint density at radius 1 is 0.902 bits per heavy atom. The molecule has 5 aromatic rings. The van der Waals surface area contributed by atoms with Crippen LogP contribution in [0.5, 0.6) is 0 Å². The van der Waals surface area contributed by atoms with E-state index in [1.54, 1.807) is 18.6 Å². The van der Waals surface area contributed by atoms with Crippen LogP contribution >= 0.6 is 0 Å². The summed E-state index contributed by atoms with van der Waals surface area (Å²) in [5.74, 6) is 1.50. The molecule has 0 amide bonds. The van der Waals surface area contributed by atoms with Crippen LogP contribution in [0.2, 0.25) is 0 Å². The van der Waals surface area contributed by atoms with E-state index in [-0.39, 0.29) is 0 Å². The number of anilines is 4. The summed E-state index contributed by atoms with van der Waals surface area (Å²) in [5.41, 5.74) is 7.71. The fourth-order valence-electron chi connectivity index (χ4n) is 4.87. The molecule has 6 heterocycles. The molecule has 0 aliphatic carbocycles. The topological polar surface area (TPSA) is 99.4 Å². The second-order valence-corrected chi connectivity index (χ2v) is 10.1. The maximum Gasteiger partial charge on any atom is 0.227 e. The Morgan fingerprint density at radius 3 is 2.49 bits per heavy atom. The summed E-state index contributed by atoms with van der Waals surface area (Å²) in [6.45, 7) is 14.6. The predicted molar refractivity (Wildman–Crippen MR) is 164 cm³/mol. The number of nitrogens with zero attached hydrogens (tertiary/aromatic N) is 8. The number of pyridine rings is 3. The number of hydrogen-bond acceptors (Lipinski definition) is 9. The Morgan fingerprint density at radius 2 is 1.76 bits per heavy atom. The van der Waals surface area contributed by atoms with Crippen LogP contribution in [-0.4, -0.2) is 67.7 Å². The molecule has 1 saturated heterocycles. The quantitative estimate of drug-likeness (QED) is 0.284. The highest BCUT2D eigenvalue weighted by atomic mass is 15.3. The number of likely N-dealkylation sites (N-methyl/N-ethyl adjacent to an activating group) is 1. The van der Waals surface area contributed by atoms with Gasteiger partial charge in [-0.1, -0.05) is 13.2 Å². The van der Waals surface area contributed by atoms with Gasteiger partial charge < -0.3 is 20.4 Å². The standard InChI is InChI=1S/C31H32N10/c1-21(24-9-11-41-29(16-24)28(20-35-41)23(3)36-25-6-5-10-32-17-25)27-19-34-31(37-22(27)2)38-26-7-8-30(33-18-26)40-14-12-39(4)13-15-40/h5-11,16-20,36H,1,3,12-15H2,2,4H3,(H,34,37,38). The highest BCUT2D eigenvalue weighted by molar-refractivity contribution is 5.86. The van der Waals surface area contributed by atoms with Gasteiger partial charge in [0.15, 0.2) is 0 Å². The lowest BCUT2D eigenvalue weighted by molar-refractivity contribution is 0.312. The zero-order valence-electron chi connectivity index (χ0n) is 23.2. The van der Waals surface area contributed by atoms with Crippen molar-refractivity contribution in [2.24, 2.45) is 0 Å². The first-order valence-electron chi connectivity index (χ1n) is 13.5. The van der Waals surface area contributed by atoms with Crippen LogP contribution in [0.3, 0.4) is 0 Å². The van der Waals surface area contributed by atoms with Gasteiger partial charge in [0.25, 0.3) is 0 Å². The van der Waals surface area contributed by atoms with Gasteiger partial charge in [-0.25, -0.2) is 19.5 Å². The van der Waals surface area contributed by atoms with E-state index in [1.165, 1.54) is 0 Å². The number of rotatable bonds is 8. The first kappa shape index (κ1) is 26.1. The Balaban J connectivity index is 1.17. The lowest BCUT2D eigenvalue weighted by Gasteiger charge is -2.33. The zero-order valence-corrected chi connectivity index (χ0v) is 23.2. The summed E-state index contributed by atoms with van der Waals surface area (Å²) in [6, 6.07) is 11.9. The molecule has 6 rings (SSSR count). The highest BCUT2D eigenvalue weighted by Gasteiger charge is 2.16. The molecule has 0 saturated carbocycles. The Bertz CT molecular complexity index is 1700. The van der Waals surface area contributed by atoms with Crippen molar-refractivity contribution in [1.82, 2.24) is 34.4 Å². The van der Waals surface area contributed by atoms with E-state index < -0.39 is 0 Å². The second-order valence-electron chi connectivity index (χ2n) is 10.1. The van der Waals surface area contributed by atoms with Crippen LogP contribution in [0, 0.1) is 6.92 Å². The molecule has 0 aromatic carbocycles. The molecule has 0 unspecified atom stereocenters. The fraction of sp³-hybridized carbons (Fsp3) is 0.194. The third-order valence-electron chi connectivity index (χ3n) is 7.29. The van der Waals surface area contributed by atoms with Crippen molar-refractivity contribution in [2.75, 3.05) is 48.8 Å². The number of hydrogen-bond donors (Lipinski definition) is 2. The third kappa shape index (κ3) is 5.64. The lowest BCUT2D eigenvalue weighted by atomic mass is 10.00. The maximum atomic E-state index is 4.71. The van der Waals surface area contributed by atoms with Gasteiger partial charge in [0.1, 0.15) is 5.82 Å². The van der Waals surface area contributed by atoms with Crippen LogP contribution in [0.1, 0.15) is 22.4 Å². The lowest BCUT2D eigenvalue weighted by Crippen LogP contribution is -2.44. The van der Waals surface area contributed by atoms with Crippen molar-refractivity contribution >= 4 is 39.9 Å². The molecule has 5 aromatic heterocycles. The molecule has 1 aliphatic heterocycles. The minimum atomic E-state index is 0.513. The zero-order chi connectivity index (χ0) is 28.3. The average Bonchev–Trinajstić information content (AvgIpc) is 3.42. The average molecular weight is 545 g/mol. The molecule has 1 fully saturated rings. The summed E-state index contributed by atoms with van der Waals surface area (Å²) >= 11 is 0. The molecule has 0 spiro atoms. The summed E-state index contributed by atoms with van der Waals surface area (Å²) in [6.07, 6.45) is 10.8. The van der Waals surface area contributed by atoms with E-state index >= 15 is 0 Å². The first-order chi connectivity index (χ1) is 19.9. The van der Waals surface area contributed by atoms with Gasteiger partial charge in [-0.3, -0.25) is 4.98 Å². The summed E-state index contributed by atoms with van der Waals surface area (Å²) in [5, 5.41) is 11.1. The minimum Gasteiger partial charge on any atom is -0.354 e. The van der Waals surface area contributed by atoms with Crippen LogP contribution in [0.15, 0.2) is 86.7 Å². The smallest absolute Gasteiger partial charge is 0.227 e. The van der Waals surface area contributed by atoms with Gasteiger partial charge in [0.2, 0.25) is 5.95 Å². The summed E-state index contributed by atoms with van der Waals surface area (Å²) in [7, 11) is 2.15. The normalized spacial score (nSPS) is 13.8. The molecule has 2 N–H and O–H groups in total. The molecule has 0 atom stereocenters. The van der Waals surface area contributed by atoms with E-state index in [9.17, 15) is 0 Å². The molecular formula is C31H32N10. The van der Waals surface area contributed by atoms with Gasteiger partial charge in [-0.05, 0) is 61.5 Å². The van der Waals surface area contributed by atoms with Crippen LogP contribution < -0.4 is 15.5 Å². The van der Waals surface area contributed by atoms with Crippen molar-refractivity contribution in [1.29, 1.82) is 0 Å². The molecule has 1 aliphatic rings. The van der Waals surface area contributed by atoms with Crippen molar-refractivity contribution in [3.05, 3.63) is 109 Å². The second kappa shape index (κ2) is 11.2. The molecule has 10 heteroatoms. The molecular weight excluding hydrogens is 512 g/mol. The maximum absolute atomic E-state index is 4.71. The molecule has 10 nitrogen and oxygen atoms in total. The van der Waals surface area contributed by atoms with E-state index in [1.807, 2.05) is 60.4 Å².